The third-order valence-electron chi connectivity index (χ3n) is 3.49. The maximum Gasteiger partial charge on any atom is 0.187 e. The second-order valence-corrected chi connectivity index (χ2v) is 4.76. The molecule has 1 fully saturated rings. The van der Waals surface area contributed by atoms with Crippen molar-refractivity contribution in [3.63, 3.8) is 0 Å². The van der Waals surface area contributed by atoms with Crippen LogP contribution in [0.1, 0.15) is 36.4 Å². The predicted molar refractivity (Wildman–Crippen MR) is 70.1 cm³/mol. The molecule has 3 rings (SSSR count). The van der Waals surface area contributed by atoms with Crippen LogP contribution >= 0.6 is 0 Å². The summed E-state index contributed by atoms with van der Waals surface area (Å²) in [4.78, 5) is 12.1. The highest BCUT2D eigenvalue weighted by Crippen LogP contribution is 2.37. The molecule has 1 aliphatic rings. The third-order valence-corrected chi connectivity index (χ3v) is 3.49. The van der Waals surface area contributed by atoms with E-state index in [1.54, 1.807) is 12.4 Å². The summed E-state index contributed by atoms with van der Waals surface area (Å²) in [6.07, 6.45) is 8.10. The number of aromatic nitrogens is 3. The van der Waals surface area contributed by atoms with E-state index in [1.807, 2.05) is 12.1 Å². The van der Waals surface area contributed by atoms with Gasteiger partial charge >= 0.3 is 0 Å². The molecule has 0 unspecified atom stereocenters. The van der Waals surface area contributed by atoms with Crippen LogP contribution < -0.4 is 5.32 Å². The second kappa shape index (κ2) is 5.30. The second-order valence-electron chi connectivity index (χ2n) is 4.76. The first-order valence-corrected chi connectivity index (χ1v) is 6.48. The molecule has 0 radical (unpaired) electrons. The number of halogens is 1. The predicted octanol–water partition coefficient (Wildman–Crippen LogP) is 2.89. The molecule has 0 bridgehead atoms. The Morgan fingerprint density at radius 1 is 1.32 bits per heavy atom. The van der Waals surface area contributed by atoms with Crippen LogP contribution in [0.15, 0.2) is 30.9 Å². The molecule has 1 N–H and O–H groups in total. The zero-order valence-electron chi connectivity index (χ0n) is 10.5. The van der Waals surface area contributed by atoms with Crippen molar-refractivity contribution in [2.24, 2.45) is 0 Å². The summed E-state index contributed by atoms with van der Waals surface area (Å²) in [6.45, 7) is 0.506. The van der Waals surface area contributed by atoms with E-state index >= 15 is 0 Å². The van der Waals surface area contributed by atoms with Gasteiger partial charge in [-0.2, -0.15) is 0 Å². The lowest BCUT2D eigenvalue weighted by Gasteiger charge is -2.25. The molecule has 1 aliphatic carbocycles. The maximum absolute atomic E-state index is 14.2. The van der Waals surface area contributed by atoms with Gasteiger partial charge in [0, 0.05) is 24.9 Å². The van der Waals surface area contributed by atoms with Crippen molar-refractivity contribution in [3.05, 3.63) is 47.9 Å². The van der Waals surface area contributed by atoms with Crippen LogP contribution in [0, 0.1) is 5.82 Å². The molecule has 19 heavy (non-hydrogen) atoms. The van der Waals surface area contributed by atoms with E-state index in [2.05, 4.69) is 20.3 Å². The molecule has 2 aromatic rings. The normalized spacial score (nSPS) is 15.0. The van der Waals surface area contributed by atoms with Gasteiger partial charge < -0.3 is 5.32 Å². The number of nitrogens with zero attached hydrogens (tertiary/aromatic N) is 3. The number of anilines is 1. The highest BCUT2D eigenvalue weighted by atomic mass is 19.1. The molecule has 0 aliphatic heterocycles. The Morgan fingerprint density at radius 2 is 2.21 bits per heavy atom. The molecular formula is C14H15FN4. The maximum atomic E-state index is 14.2. The number of hydrogen-bond acceptors (Lipinski definition) is 4. The van der Waals surface area contributed by atoms with Crippen molar-refractivity contribution in [2.45, 2.75) is 31.7 Å². The Hall–Kier alpha value is -2.04. The van der Waals surface area contributed by atoms with Crippen molar-refractivity contribution in [3.8, 4) is 0 Å². The summed E-state index contributed by atoms with van der Waals surface area (Å²) in [5.41, 5.74) is 1.54. The van der Waals surface area contributed by atoms with Crippen LogP contribution in [0.2, 0.25) is 0 Å². The molecule has 0 amide bonds. The molecule has 2 aromatic heterocycles. The molecular weight excluding hydrogens is 243 g/mol. The van der Waals surface area contributed by atoms with Gasteiger partial charge in [0.15, 0.2) is 11.6 Å². The van der Waals surface area contributed by atoms with E-state index in [4.69, 9.17) is 0 Å². The average molecular weight is 258 g/mol. The largest absolute Gasteiger partial charge is 0.363 e. The van der Waals surface area contributed by atoms with Gasteiger partial charge in [0.05, 0.1) is 5.69 Å². The van der Waals surface area contributed by atoms with Crippen LogP contribution in [0.25, 0.3) is 0 Å². The summed E-state index contributed by atoms with van der Waals surface area (Å²) < 4.78 is 14.2. The lowest BCUT2D eigenvalue weighted by Crippen LogP contribution is -2.15. The number of pyridine rings is 1. The molecule has 0 saturated heterocycles. The fourth-order valence-corrected chi connectivity index (χ4v) is 2.16. The molecule has 2 heterocycles. The Labute approximate surface area is 111 Å². The monoisotopic (exact) mass is 258 g/mol. The van der Waals surface area contributed by atoms with Crippen LogP contribution in [0.3, 0.4) is 0 Å². The van der Waals surface area contributed by atoms with E-state index in [0.29, 0.717) is 12.2 Å². The zero-order chi connectivity index (χ0) is 13.1. The van der Waals surface area contributed by atoms with Crippen molar-refractivity contribution in [2.75, 3.05) is 5.32 Å². The first-order chi connectivity index (χ1) is 9.34. The summed E-state index contributed by atoms with van der Waals surface area (Å²) in [7, 11) is 0. The van der Waals surface area contributed by atoms with Crippen LogP contribution in [-0.2, 0) is 6.54 Å². The van der Waals surface area contributed by atoms with Gasteiger partial charge in [-0.05, 0) is 24.5 Å². The first-order valence-electron chi connectivity index (χ1n) is 6.48. The molecule has 0 atom stereocenters. The zero-order valence-corrected chi connectivity index (χ0v) is 10.5. The highest BCUT2D eigenvalue weighted by molar-refractivity contribution is 5.39. The Balaban J connectivity index is 1.74. The van der Waals surface area contributed by atoms with Gasteiger partial charge in [0.2, 0.25) is 0 Å². The molecule has 4 nitrogen and oxygen atoms in total. The van der Waals surface area contributed by atoms with E-state index in [-0.39, 0.29) is 17.6 Å². The first kappa shape index (κ1) is 12.0. The minimum atomic E-state index is -0.309. The Bertz CT molecular complexity index is 555. The number of rotatable bonds is 4. The van der Waals surface area contributed by atoms with E-state index in [0.717, 1.165) is 24.8 Å². The molecule has 0 spiro atoms. The van der Waals surface area contributed by atoms with Crippen molar-refractivity contribution < 1.29 is 4.39 Å². The smallest absolute Gasteiger partial charge is 0.187 e. The summed E-state index contributed by atoms with van der Waals surface area (Å²) >= 11 is 0. The summed E-state index contributed by atoms with van der Waals surface area (Å²) in [5.74, 6) is 0.235. The van der Waals surface area contributed by atoms with E-state index in [9.17, 15) is 4.39 Å². The van der Waals surface area contributed by atoms with Gasteiger partial charge in [-0.25, -0.2) is 14.4 Å². The topological polar surface area (TPSA) is 50.7 Å². The standard InChI is InChI=1S/C14H15FN4/c15-12-13(11-4-1-5-11)18-9-19-14(12)17-8-10-3-2-6-16-7-10/h2-3,6-7,9,11H,1,4-5,8H2,(H,17,18,19). The lowest BCUT2D eigenvalue weighted by atomic mass is 9.82. The van der Waals surface area contributed by atoms with Gasteiger partial charge in [-0.1, -0.05) is 12.5 Å². The van der Waals surface area contributed by atoms with Gasteiger partial charge in [0.25, 0.3) is 0 Å². The minimum absolute atomic E-state index is 0.266. The van der Waals surface area contributed by atoms with Crippen molar-refractivity contribution in [1.29, 1.82) is 0 Å². The lowest BCUT2D eigenvalue weighted by molar-refractivity contribution is 0.393. The van der Waals surface area contributed by atoms with Crippen molar-refractivity contribution in [1.82, 2.24) is 15.0 Å². The van der Waals surface area contributed by atoms with Gasteiger partial charge in [0.1, 0.15) is 6.33 Å². The van der Waals surface area contributed by atoms with Crippen LogP contribution in [0.4, 0.5) is 10.2 Å². The molecule has 1 saturated carbocycles. The highest BCUT2D eigenvalue weighted by Gasteiger charge is 2.25. The Morgan fingerprint density at radius 3 is 2.89 bits per heavy atom. The molecule has 5 heteroatoms. The number of hydrogen-bond donors (Lipinski definition) is 1. The summed E-state index contributed by atoms with van der Waals surface area (Å²) in [5, 5.41) is 3.01. The van der Waals surface area contributed by atoms with E-state index in [1.165, 1.54) is 6.33 Å². The summed E-state index contributed by atoms with van der Waals surface area (Å²) in [6, 6.07) is 3.79. The van der Waals surface area contributed by atoms with Crippen molar-refractivity contribution >= 4 is 5.82 Å². The van der Waals surface area contributed by atoms with Gasteiger partial charge in [-0.3, -0.25) is 4.98 Å². The SMILES string of the molecule is Fc1c(NCc2cccnc2)ncnc1C1CCC1. The quantitative estimate of drug-likeness (QED) is 0.916. The van der Waals surface area contributed by atoms with E-state index < -0.39 is 0 Å². The fourth-order valence-electron chi connectivity index (χ4n) is 2.16. The number of nitrogens with one attached hydrogen (secondary N) is 1. The Kier molecular flexibility index (Phi) is 3.35. The minimum Gasteiger partial charge on any atom is -0.363 e. The third kappa shape index (κ3) is 2.54. The molecule has 98 valence electrons. The fraction of sp³-hybridized carbons (Fsp3) is 0.357. The van der Waals surface area contributed by atoms with Crippen LogP contribution in [-0.4, -0.2) is 15.0 Å². The van der Waals surface area contributed by atoms with Crippen LogP contribution in [0.5, 0.6) is 0 Å². The van der Waals surface area contributed by atoms with Gasteiger partial charge in [-0.15, -0.1) is 0 Å². The average Bonchev–Trinajstić information content (AvgIpc) is 2.39. The molecule has 0 aromatic carbocycles.